The highest BCUT2D eigenvalue weighted by atomic mass is 19.4. The number of rotatable bonds is 5. The van der Waals surface area contributed by atoms with E-state index in [1.165, 1.54) is 26.2 Å². The maximum Gasteiger partial charge on any atom is 0.416 e. The van der Waals surface area contributed by atoms with Crippen molar-refractivity contribution in [2.45, 2.75) is 25.2 Å². The number of halogens is 3. The van der Waals surface area contributed by atoms with E-state index in [0.717, 1.165) is 12.1 Å². The van der Waals surface area contributed by atoms with Crippen LogP contribution in [0.5, 0.6) is 0 Å². The first-order valence-electron chi connectivity index (χ1n) is 5.92. The number of esters is 1. The van der Waals surface area contributed by atoms with Gasteiger partial charge in [-0.05, 0) is 24.6 Å². The minimum atomic E-state index is -4.46. The highest BCUT2D eigenvalue weighted by Gasteiger charge is 2.30. The average molecular weight is 291 g/mol. The minimum Gasteiger partial charge on any atom is -0.468 e. The van der Waals surface area contributed by atoms with E-state index < -0.39 is 29.9 Å². The van der Waals surface area contributed by atoms with Gasteiger partial charge in [0.25, 0.3) is 0 Å². The number of alkyl halides is 3. The number of aliphatic hydroxyl groups excluding tert-OH is 1. The number of aliphatic hydroxyl groups is 1. The van der Waals surface area contributed by atoms with Crippen LogP contribution in [-0.4, -0.2) is 30.8 Å². The highest BCUT2D eigenvalue weighted by Crippen LogP contribution is 2.30. The summed E-state index contributed by atoms with van der Waals surface area (Å²) in [5.74, 6) is -0.513. The van der Waals surface area contributed by atoms with E-state index in [4.69, 9.17) is 0 Å². The Labute approximate surface area is 114 Å². The molecule has 0 saturated heterocycles. The van der Waals surface area contributed by atoms with Gasteiger partial charge >= 0.3 is 12.1 Å². The molecule has 112 valence electrons. The summed E-state index contributed by atoms with van der Waals surface area (Å²) in [6.45, 7) is 1.47. The lowest BCUT2D eigenvalue weighted by atomic mass is 10.1. The van der Waals surface area contributed by atoms with Crippen molar-refractivity contribution < 1.29 is 27.8 Å². The molecule has 0 fully saturated rings. The van der Waals surface area contributed by atoms with Crippen LogP contribution in [0.15, 0.2) is 24.3 Å². The predicted octanol–water partition coefficient (Wildman–Crippen LogP) is 1.89. The second-order valence-electron chi connectivity index (χ2n) is 4.29. The van der Waals surface area contributed by atoms with E-state index in [0.29, 0.717) is 0 Å². The summed E-state index contributed by atoms with van der Waals surface area (Å²) >= 11 is 0. The Balaban J connectivity index is 2.69. The Hall–Kier alpha value is -1.60. The predicted molar refractivity (Wildman–Crippen MR) is 65.9 cm³/mol. The van der Waals surface area contributed by atoms with Gasteiger partial charge in [-0.25, -0.2) is 0 Å². The Morgan fingerprint density at radius 3 is 2.65 bits per heavy atom. The van der Waals surface area contributed by atoms with Gasteiger partial charge in [0.2, 0.25) is 0 Å². The summed E-state index contributed by atoms with van der Waals surface area (Å²) in [5, 5.41) is 12.5. The van der Waals surface area contributed by atoms with Crippen LogP contribution >= 0.6 is 0 Å². The first kappa shape index (κ1) is 16.5. The van der Waals surface area contributed by atoms with Crippen LogP contribution < -0.4 is 5.32 Å². The van der Waals surface area contributed by atoms with Crippen LogP contribution in [0.25, 0.3) is 0 Å². The molecule has 0 aliphatic heterocycles. The number of carbonyl (C=O) groups excluding carboxylic acids is 1. The van der Waals surface area contributed by atoms with Gasteiger partial charge in [-0.2, -0.15) is 13.2 Å². The largest absolute Gasteiger partial charge is 0.468 e. The van der Waals surface area contributed by atoms with Gasteiger partial charge in [0.1, 0.15) is 6.04 Å². The van der Waals surface area contributed by atoms with Crippen LogP contribution in [-0.2, 0) is 15.7 Å². The molecule has 7 heteroatoms. The number of benzene rings is 1. The van der Waals surface area contributed by atoms with Crippen molar-refractivity contribution in [2.24, 2.45) is 0 Å². The molecular weight excluding hydrogens is 275 g/mol. The summed E-state index contributed by atoms with van der Waals surface area (Å²) in [5.41, 5.74) is -0.695. The molecule has 0 saturated carbocycles. The molecule has 0 aliphatic rings. The number of ether oxygens (including phenoxy) is 1. The zero-order chi connectivity index (χ0) is 15.3. The third kappa shape index (κ3) is 4.50. The number of nitrogens with one attached hydrogen (secondary N) is 1. The molecule has 0 aromatic heterocycles. The van der Waals surface area contributed by atoms with Gasteiger partial charge < -0.3 is 15.2 Å². The Kier molecular flexibility index (Phi) is 5.52. The Bertz CT molecular complexity index is 462. The summed E-state index contributed by atoms with van der Waals surface area (Å²) < 4.78 is 42.1. The van der Waals surface area contributed by atoms with Crippen LogP contribution in [0.4, 0.5) is 13.2 Å². The molecule has 0 bridgehead atoms. The van der Waals surface area contributed by atoms with Crippen molar-refractivity contribution >= 4 is 5.97 Å². The van der Waals surface area contributed by atoms with Gasteiger partial charge in [0.05, 0.1) is 18.8 Å². The van der Waals surface area contributed by atoms with E-state index in [2.05, 4.69) is 10.1 Å². The van der Waals surface area contributed by atoms with Gasteiger partial charge in [0.15, 0.2) is 0 Å². The summed E-state index contributed by atoms with van der Waals surface area (Å²) in [4.78, 5) is 11.1. The monoisotopic (exact) mass is 291 g/mol. The molecule has 4 nitrogen and oxygen atoms in total. The third-order valence-corrected chi connectivity index (χ3v) is 2.77. The smallest absolute Gasteiger partial charge is 0.416 e. The lowest BCUT2D eigenvalue weighted by Gasteiger charge is -2.17. The molecule has 2 unspecified atom stereocenters. The van der Waals surface area contributed by atoms with Gasteiger partial charge in [-0.1, -0.05) is 12.1 Å². The van der Waals surface area contributed by atoms with Crippen LogP contribution in [0.2, 0.25) is 0 Å². The number of methoxy groups -OCH3 is 1. The van der Waals surface area contributed by atoms with Crippen molar-refractivity contribution in [3.05, 3.63) is 35.4 Å². The number of hydrogen-bond donors (Lipinski definition) is 2. The normalized spacial score (nSPS) is 14.7. The summed E-state index contributed by atoms with van der Waals surface area (Å²) in [6.07, 6.45) is -5.60. The first-order chi connectivity index (χ1) is 9.25. The zero-order valence-corrected chi connectivity index (χ0v) is 11.1. The minimum absolute atomic E-state index is 0.0580. The first-order valence-corrected chi connectivity index (χ1v) is 5.92. The maximum atomic E-state index is 12.5. The lowest BCUT2D eigenvalue weighted by molar-refractivity contribution is -0.142. The summed E-state index contributed by atoms with van der Waals surface area (Å²) in [6, 6.07) is 3.78. The van der Waals surface area contributed by atoms with Crippen LogP contribution in [0.3, 0.4) is 0 Å². The van der Waals surface area contributed by atoms with E-state index in [1.54, 1.807) is 0 Å². The SMILES string of the molecule is COC(=O)C(C)NCC(O)c1cccc(C(F)(F)F)c1. The highest BCUT2D eigenvalue weighted by molar-refractivity contribution is 5.75. The van der Waals surface area contributed by atoms with Crippen LogP contribution in [0.1, 0.15) is 24.2 Å². The molecule has 0 heterocycles. The molecule has 2 atom stereocenters. The quantitative estimate of drug-likeness (QED) is 0.813. The zero-order valence-electron chi connectivity index (χ0n) is 11.1. The second-order valence-corrected chi connectivity index (χ2v) is 4.29. The molecule has 0 radical (unpaired) electrons. The molecule has 2 N–H and O–H groups in total. The third-order valence-electron chi connectivity index (χ3n) is 2.77. The second kappa shape index (κ2) is 6.71. The lowest BCUT2D eigenvalue weighted by Crippen LogP contribution is -2.37. The van der Waals surface area contributed by atoms with Crippen molar-refractivity contribution in [2.75, 3.05) is 13.7 Å². The fraction of sp³-hybridized carbons (Fsp3) is 0.462. The molecule has 0 aliphatic carbocycles. The number of carbonyl (C=O) groups is 1. The van der Waals surface area contributed by atoms with E-state index in [-0.39, 0.29) is 12.1 Å². The van der Waals surface area contributed by atoms with Gasteiger partial charge in [-0.15, -0.1) is 0 Å². The molecule has 0 amide bonds. The fourth-order valence-electron chi connectivity index (χ4n) is 1.59. The van der Waals surface area contributed by atoms with E-state index in [1.807, 2.05) is 0 Å². The Morgan fingerprint density at radius 1 is 1.45 bits per heavy atom. The van der Waals surface area contributed by atoms with Gasteiger partial charge in [-0.3, -0.25) is 4.79 Å². The molecule has 1 aromatic carbocycles. The molecule has 0 spiro atoms. The molecule has 20 heavy (non-hydrogen) atoms. The standard InChI is InChI=1S/C13H16F3NO3/c1-8(12(19)20-2)17-7-11(18)9-4-3-5-10(6-9)13(14,15)16/h3-6,8,11,17-18H,7H2,1-2H3. The summed E-state index contributed by atoms with van der Waals surface area (Å²) in [7, 11) is 1.23. The van der Waals surface area contributed by atoms with Crippen LogP contribution in [0, 0.1) is 0 Å². The average Bonchev–Trinajstić information content (AvgIpc) is 2.42. The van der Waals surface area contributed by atoms with E-state index >= 15 is 0 Å². The molecular formula is C13H16F3NO3. The van der Waals surface area contributed by atoms with Gasteiger partial charge in [0, 0.05) is 6.54 Å². The fourth-order valence-corrected chi connectivity index (χ4v) is 1.59. The maximum absolute atomic E-state index is 12.5. The van der Waals surface area contributed by atoms with E-state index in [9.17, 15) is 23.1 Å². The Morgan fingerprint density at radius 2 is 2.10 bits per heavy atom. The molecule has 1 rings (SSSR count). The van der Waals surface area contributed by atoms with Crippen molar-refractivity contribution in [1.82, 2.24) is 5.32 Å². The molecule has 1 aromatic rings. The number of hydrogen-bond acceptors (Lipinski definition) is 4. The van der Waals surface area contributed by atoms with Crippen molar-refractivity contribution in [3.63, 3.8) is 0 Å². The van der Waals surface area contributed by atoms with Crippen molar-refractivity contribution in [3.8, 4) is 0 Å². The van der Waals surface area contributed by atoms with Crippen molar-refractivity contribution in [1.29, 1.82) is 0 Å². The topological polar surface area (TPSA) is 58.6 Å².